The Bertz CT molecular complexity index is 266. The van der Waals surface area contributed by atoms with Crippen molar-refractivity contribution in [2.75, 3.05) is 32.7 Å². The van der Waals surface area contributed by atoms with Gasteiger partial charge in [0.05, 0.1) is 6.20 Å². The molecule has 0 spiro atoms. The largest absolute Gasteiger partial charge is 0.315 e. The topological polar surface area (TPSA) is 46.0 Å². The quantitative estimate of drug-likeness (QED) is 0.678. The van der Waals surface area contributed by atoms with Crippen molar-refractivity contribution in [1.29, 1.82) is 0 Å². The number of nitrogens with zero attached hydrogens (tertiary/aromatic N) is 4. The van der Waals surface area contributed by atoms with E-state index in [1.54, 1.807) is 6.20 Å². The Morgan fingerprint density at radius 1 is 1.12 bits per heavy atom. The van der Waals surface area contributed by atoms with Crippen LogP contribution in [0, 0.1) is 0 Å². The molecule has 1 aromatic rings. The first kappa shape index (κ1) is 11.5. The van der Waals surface area contributed by atoms with Crippen LogP contribution in [-0.2, 0) is 6.54 Å². The number of hydrogen-bond donors (Lipinski definition) is 1. The number of nitrogens with one attached hydrogen (secondary N) is 1. The van der Waals surface area contributed by atoms with Gasteiger partial charge in [-0.05, 0) is 38.9 Å². The van der Waals surface area contributed by atoms with Crippen LogP contribution < -0.4 is 5.32 Å². The van der Waals surface area contributed by atoms with Gasteiger partial charge in [-0.3, -0.25) is 4.68 Å². The van der Waals surface area contributed by atoms with Gasteiger partial charge in [-0.25, -0.2) is 0 Å². The lowest BCUT2D eigenvalue weighted by Gasteiger charge is -2.14. The Morgan fingerprint density at radius 2 is 2.00 bits per heavy atom. The fourth-order valence-electron chi connectivity index (χ4n) is 2.09. The van der Waals surface area contributed by atoms with Gasteiger partial charge in [0.1, 0.15) is 0 Å². The van der Waals surface area contributed by atoms with Crippen LogP contribution in [0.5, 0.6) is 0 Å². The predicted molar refractivity (Wildman–Crippen MR) is 63.2 cm³/mol. The van der Waals surface area contributed by atoms with Crippen LogP contribution in [0.15, 0.2) is 12.4 Å². The van der Waals surface area contributed by atoms with Gasteiger partial charge >= 0.3 is 0 Å². The second-order valence-corrected chi connectivity index (χ2v) is 4.32. The molecule has 1 saturated heterocycles. The van der Waals surface area contributed by atoms with E-state index in [0.717, 1.165) is 26.1 Å². The van der Waals surface area contributed by atoms with Crippen LogP contribution in [0.2, 0.25) is 0 Å². The zero-order valence-electron chi connectivity index (χ0n) is 9.81. The molecule has 0 unspecified atom stereocenters. The molecule has 0 radical (unpaired) electrons. The molecule has 2 heterocycles. The molecule has 2 rings (SSSR count). The average molecular weight is 223 g/mol. The molecular formula is C11H21N5. The van der Waals surface area contributed by atoms with E-state index < -0.39 is 0 Å². The van der Waals surface area contributed by atoms with E-state index in [0.29, 0.717) is 0 Å². The minimum Gasteiger partial charge on any atom is -0.315 e. The summed E-state index contributed by atoms with van der Waals surface area (Å²) in [4.78, 5) is 2.53. The molecule has 0 aromatic carbocycles. The fourth-order valence-corrected chi connectivity index (χ4v) is 2.09. The summed E-state index contributed by atoms with van der Waals surface area (Å²) in [5.41, 5.74) is 0. The molecule has 1 aliphatic heterocycles. The van der Waals surface area contributed by atoms with Crippen molar-refractivity contribution >= 4 is 0 Å². The Labute approximate surface area is 96.8 Å². The van der Waals surface area contributed by atoms with Gasteiger partial charge in [0, 0.05) is 25.8 Å². The molecule has 0 atom stereocenters. The van der Waals surface area contributed by atoms with E-state index in [-0.39, 0.29) is 0 Å². The summed E-state index contributed by atoms with van der Waals surface area (Å²) in [6.07, 6.45) is 7.51. The maximum Gasteiger partial charge on any atom is 0.0692 e. The molecule has 1 N–H and O–H groups in total. The molecule has 0 aliphatic carbocycles. The zero-order chi connectivity index (χ0) is 11.1. The van der Waals surface area contributed by atoms with E-state index in [4.69, 9.17) is 0 Å². The minimum absolute atomic E-state index is 0.955. The summed E-state index contributed by atoms with van der Waals surface area (Å²) in [5, 5.41) is 11.2. The summed E-state index contributed by atoms with van der Waals surface area (Å²) in [5.74, 6) is 0. The van der Waals surface area contributed by atoms with Crippen LogP contribution in [0.1, 0.15) is 19.3 Å². The Balaban J connectivity index is 1.43. The van der Waals surface area contributed by atoms with Gasteiger partial charge in [-0.1, -0.05) is 5.21 Å². The first-order chi connectivity index (χ1) is 7.95. The van der Waals surface area contributed by atoms with Crippen molar-refractivity contribution in [1.82, 2.24) is 25.2 Å². The van der Waals surface area contributed by atoms with Gasteiger partial charge < -0.3 is 10.2 Å². The van der Waals surface area contributed by atoms with Crippen molar-refractivity contribution < 1.29 is 0 Å². The molecular weight excluding hydrogens is 202 g/mol. The highest BCUT2D eigenvalue weighted by molar-refractivity contribution is 4.67. The molecule has 0 bridgehead atoms. The van der Waals surface area contributed by atoms with E-state index in [9.17, 15) is 0 Å². The van der Waals surface area contributed by atoms with Crippen molar-refractivity contribution in [3.63, 3.8) is 0 Å². The lowest BCUT2D eigenvalue weighted by atomic mass is 10.4. The summed E-state index contributed by atoms with van der Waals surface area (Å²) in [7, 11) is 0. The molecule has 5 nitrogen and oxygen atoms in total. The summed E-state index contributed by atoms with van der Waals surface area (Å²) in [6.45, 7) is 6.91. The molecule has 1 fully saturated rings. The number of likely N-dealkylation sites (tertiary alicyclic amines) is 1. The van der Waals surface area contributed by atoms with Crippen LogP contribution in [0.25, 0.3) is 0 Å². The van der Waals surface area contributed by atoms with Crippen LogP contribution >= 0.6 is 0 Å². The number of hydrogen-bond acceptors (Lipinski definition) is 4. The fraction of sp³-hybridized carbons (Fsp3) is 0.818. The van der Waals surface area contributed by atoms with E-state index >= 15 is 0 Å². The van der Waals surface area contributed by atoms with Crippen molar-refractivity contribution in [3.8, 4) is 0 Å². The summed E-state index contributed by atoms with van der Waals surface area (Å²) >= 11 is 0. The summed E-state index contributed by atoms with van der Waals surface area (Å²) in [6, 6.07) is 0. The molecule has 1 aromatic heterocycles. The second-order valence-electron chi connectivity index (χ2n) is 4.32. The lowest BCUT2D eigenvalue weighted by molar-refractivity contribution is 0.335. The standard InChI is InChI=1S/C11H21N5/c1-2-8-15(7-1)10-5-12-4-3-9-16-11-6-13-14-16/h6,11-12H,1-5,7-10H2. The second kappa shape index (κ2) is 6.60. The number of rotatable bonds is 7. The molecule has 1 aliphatic rings. The third kappa shape index (κ3) is 3.90. The molecule has 0 saturated carbocycles. The molecule has 16 heavy (non-hydrogen) atoms. The van der Waals surface area contributed by atoms with Gasteiger partial charge in [-0.2, -0.15) is 0 Å². The van der Waals surface area contributed by atoms with E-state index in [2.05, 4.69) is 20.5 Å². The van der Waals surface area contributed by atoms with Gasteiger partial charge in [-0.15, -0.1) is 5.10 Å². The lowest BCUT2D eigenvalue weighted by Crippen LogP contribution is -2.30. The molecule has 0 amide bonds. The van der Waals surface area contributed by atoms with Crippen molar-refractivity contribution in [3.05, 3.63) is 12.4 Å². The highest BCUT2D eigenvalue weighted by atomic mass is 15.4. The molecule has 90 valence electrons. The predicted octanol–water partition coefficient (Wildman–Crippen LogP) is 0.354. The first-order valence-electron chi connectivity index (χ1n) is 6.22. The third-order valence-electron chi connectivity index (χ3n) is 3.02. The molecule has 5 heteroatoms. The third-order valence-corrected chi connectivity index (χ3v) is 3.02. The number of aromatic nitrogens is 3. The average Bonchev–Trinajstić information content (AvgIpc) is 2.96. The van der Waals surface area contributed by atoms with E-state index in [1.807, 2.05) is 10.9 Å². The first-order valence-corrected chi connectivity index (χ1v) is 6.22. The monoisotopic (exact) mass is 223 g/mol. The maximum atomic E-state index is 3.93. The van der Waals surface area contributed by atoms with Crippen LogP contribution in [-0.4, -0.2) is 52.6 Å². The van der Waals surface area contributed by atoms with Crippen molar-refractivity contribution in [2.45, 2.75) is 25.8 Å². The minimum atomic E-state index is 0.955. The smallest absolute Gasteiger partial charge is 0.0692 e. The summed E-state index contributed by atoms with van der Waals surface area (Å²) < 4.78 is 1.88. The van der Waals surface area contributed by atoms with E-state index in [1.165, 1.54) is 32.5 Å². The SMILES string of the molecule is c1cn(CCCNCCN2CCCC2)nn1. The van der Waals surface area contributed by atoms with Gasteiger partial charge in [0.2, 0.25) is 0 Å². The van der Waals surface area contributed by atoms with Gasteiger partial charge in [0.25, 0.3) is 0 Å². The Morgan fingerprint density at radius 3 is 2.75 bits per heavy atom. The van der Waals surface area contributed by atoms with Crippen LogP contribution in [0.3, 0.4) is 0 Å². The van der Waals surface area contributed by atoms with Gasteiger partial charge in [0.15, 0.2) is 0 Å². The Hall–Kier alpha value is -0.940. The Kier molecular flexibility index (Phi) is 4.76. The maximum absolute atomic E-state index is 3.93. The normalized spacial score (nSPS) is 17.0. The zero-order valence-corrected chi connectivity index (χ0v) is 9.81. The highest BCUT2D eigenvalue weighted by Gasteiger charge is 2.09. The van der Waals surface area contributed by atoms with Crippen LogP contribution in [0.4, 0.5) is 0 Å². The number of aryl methyl sites for hydroxylation is 1. The van der Waals surface area contributed by atoms with Crippen molar-refractivity contribution in [2.24, 2.45) is 0 Å². The highest BCUT2D eigenvalue weighted by Crippen LogP contribution is 2.05.